The van der Waals surface area contributed by atoms with Crippen molar-refractivity contribution in [2.45, 2.75) is 13.3 Å². The monoisotopic (exact) mass is 230 g/mol. The normalized spacial score (nSPS) is 11.1. The second-order valence-corrected chi connectivity index (χ2v) is 3.44. The number of rotatable bonds is 4. The van der Waals surface area contributed by atoms with Gasteiger partial charge in [-0.2, -0.15) is 0 Å². The molecule has 17 heavy (non-hydrogen) atoms. The lowest BCUT2D eigenvalue weighted by atomic mass is 10.3. The van der Waals surface area contributed by atoms with Gasteiger partial charge in [0.2, 0.25) is 0 Å². The number of hydrogen-bond donors (Lipinski definition) is 2. The fraction of sp³-hybridized carbons (Fsp3) is 0.273. The molecule has 0 aliphatic carbocycles. The fourth-order valence-corrected chi connectivity index (χ4v) is 1.43. The molecule has 2 rings (SSSR count). The maximum Gasteiger partial charge on any atom is 0.156 e. The van der Waals surface area contributed by atoms with Crippen molar-refractivity contribution >= 4 is 22.7 Å². The molecular weight excluding hydrogens is 216 g/mol. The zero-order valence-corrected chi connectivity index (χ0v) is 9.59. The number of aromatic nitrogens is 4. The number of fused-ring (bicyclic) bond motifs is 1. The van der Waals surface area contributed by atoms with Crippen LogP contribution in [-0.4, -0.2) is 26.5 Å². The first-order chi connectivity index (χ1) is 8.33. The molecular formula is C11H14N6. The van der Waals surface area contributed by atoms with Gasteiger partial charge in [0, 0.05) is 6.54 Å². The second kappa shape index (κ2) is 5.20. The van der Waals surface area contributed by atoms with Crippen LogP contribution in [0.3, 0.4) is 0 Å². The molecule has 0 fully saturated rings. The molecule has 2 aromatic heterocycles. The summed E-state index contributed by atoms with van der Waals surface area (Å²) in [4.78, 5) is 16.2. The van der Waals surface area contributed by atoms with Crippen molar-refractivity contribution in [2.75, 3.05) is 17.6 Å². The molecule has 6 nitrogen and oxygen atoms in total. The number of anilines is 2. The van der Waals surface area contributed by atoms with E-state index in [1.807, 2.05) is 6.08 Å². The molecule has 0 aliphatic heterocycles. The van der Waals surface area contributed by atoms with Crippen molar-refractivity contribution in [3.8, 4) is 0 Å². The highest BCUT2D eigenvalue weighted by Crippen LogP contribution is 2.18. The van der Waals surface area contributed by atoms with Crippen LogP contribution in [0.4, 0.5) is 11.6 Å². The van der Waals surface area contributed by atoms with Gasteiger partial charge in [-0.15, -0.1) is 0 Å². The Morgan fingerprint density at radius 3 is 2.71 bits per heavy atom. The molecule has 0 aliphatic rings. The van der Waals surface area contributed by atoms with Gasteiger partial charge in [0.15, 0.2) is 11.6 Å². The third-order valence-corrected chi connectivity index (χ3v) is 2.24. The number of nitrogens with zero attached hydrogens (tertiary/aromatic N) is 4. The average molecular weight is 230 g/mol. The van der Waals surface area contributed by atoms with E-state index >= 15 is 0 Å². The molecule has 88 valence electrons. The minimum atomic E-state index is 0.365. The van der Waals surface area contributed by atoms with Crippen molar-refractivity contribution in [3.05, 3.63) is 24.8 Å². The number of nitrogens with one attached hydrogen (secondary N) is 1. The molecule has 0 saturated heterocycles. The lowest BCUT2D eigenvalue weighted by Gasteiger charge is -2.05. The van der Waals surface area contributed by atoms with Gasteiger partial charge in [-0.25, -0.2) is 19.9 Å². The van der Waals surface area contributed by atoms with E-state index in [1.54, 1.807) is 0 Å². The largest absolute Gasteiger partial charge is 0.382 e. The summed E-state index contributed by atoms with van der Waals surface area (Å²) in [6.45, 7) is 2.79. The van der Waals surface area contributed by atoms with Crippen LogP contribution in [-0.2, 0) is 0 Å². The van der Waals surface area contributed by atoms with Gasteiger partial charge in [0.1, 0.15) is 23.7 Å². The summed E-state index contributed by atoms with van der Waals surface area (Å²) in [5.41, 5.74) is 6.94. The van der Waals surface area contributed by atoms with Gasteiger partial charge in [0.25, 0.3) is 0 Å². The van der Waals surface area contributed by atoms with Gasteiger partial charge < -0.3 is 11.1 Å². The third-order valence-electron chi connectivity index (χ3n) is 2.24. The topological polar surface area (TPSA) is 89.6 Å². The van der Waals surface area contributed by atoms with Crippen molar-refractivity contribution in [1.82, 2.24) is 19.9 Å². The summed E-state index contributed by atoms with van der Waals surface area (Å²) in [6, 6.07) is 0. The van der Waals surface area contributed by atoms with Crippen LogP contribution < -0.4 is 11.1 Å². The van der Waals surface area contributed by atoms with Crippen LogP contribution in [0.15, 0.2) is 24.8 Å². The number of nitrogens with two attached hydrogens (primary N) is 1. The van der Waals surface area contributed by atoms with E-state index in [1.165, 1.54) is 12.7 Å². The van der Waals surface area contributed by atoms with E-state index < -0.39 is 0 Å². The zero-order chi connectivity index (χ0) is 12.1. The zero-order valence-electron chi connectivity index (χ0n) is 9.59. The highest BCUT2D eigenvalue weighted by molar-refractivity contribution is 5.90. The van der Waals surface area contributed by atoms with Gasteiger partial charge in [-0.1, -0.05) is 19.1 Å². The molecule has 0 bridgehead atoms. The Hall–Kier alpha value is -2.24. The van der Waals surface area contributed by atoms with Gasteiger partial charge in [0.05, 0.1) is 0 Å². The van der Waals surface area contributed by atoms with Crippen LogP contribution in [0, 0.1) is 0 Å². The number of hydrogen-bond acceptors (Lipinski definition) is 6. The molecule has 0 unspecified atom stereocenters. The van der Waals surface area contributed by atoms with E-state index in [4.69, 9.17) is 5.73 Å². The Morgan fingerprint density at radius 1 is 1.12 bits per heavy atom. The quantitative estimate of drug-likeness (QED) is 0.771. The summed E-state index contributed by atoms with van der Waals surface area (Å²) < 4.78 is 0. The van der Waals surface area contributed by atoms with Crippen LogP contribution in [0.25, 0.3) is 11.0 Å². The SMILES string of the molecule is CC/C=C/CNc1ncnc2c(N)ncnc12. The van der Waals surface area contributed by atoms with E-state index in [2.05, 4.69) is 38.3 Å². The average Bonchev–Trinajstić information content (AvgIpc) is 2.36. The molecule has 0 saturated carbocycles. The van der Waals surface area contributed by atoms with Crippen LogP contribution >= 0.6 is 0 Å². The van der Waals surface area contributed by atoms with Gasteiger partial charge >= 0.3 is 0 Å². The lowest BCUT2D eigenvalue weighted by molar-refractivity contribution is 1.13. The summed E-state index contributed by atoms with van der Waals surface area (Å²) in [6.07, 6.45) is 8.00. The highest BCUT2D eigenvalue weighted by Gasteiger charge is 2.06. The Kier molecular flexibility index (Phi) is 3.44. The first-order valence-corrected chi connectivity index (χ1v) is 5.43. The van der Waals surface area contributed by atoms with E-state index in [0.29, 0.717) is 29.2 Å². The third kappa shape index (κ3) is 2.47. The Morgan fingerprint density at radius 2 is 1.88 bits per heavy atom. The molecule has 2 aromatic rings. The van der Waals surface area contributed by atoms with Gasteiger partial charge in [-0.05, 0) is 6.42 Å². The molecule has 0 amide bonds. The summed E-state index contributed by atoms with van der Waals surface area (Å²) in [5.74, 6) is 1.04. The molecule has 2 heterocycles. The highest BCUT2D eigenvalue weighted by atomic mass is 15.1. The second-order valence-electron chi connectivity index (χ2n) is 3.44. The maximum absolute atomic E-state index is 5.72. The van der Waals surface area contributed by atoms with Crippen molar-refractivity contribution in [2.24, 2.45) is 0 Å². The molecule has 0 spiro atoms. The summed E-state index contributed by atoms with van der Waals surface area (Å²) in [7, 11) is 0. The van der Waals surface area contributed by atoms with Crippen molar-refractivity contribution in [1.29, 1.82) is 0 Å². The molecule has 6 heteroatoms. The first kappa shape index (κ1) is 11.3. The van der Waals surface area contributed by atoms with Gasteiger partial charge in [-0.3, -0.25) is 0 Å². The first-order valence-electron chi connectivity index (χ1n) is 5.43. The molecule has 3 N–H and O–H groups in total. The smallest absolute Gasteiger partial charge is 0.156 e. The number of nitrogen functional groups attached to an aromatic ring is 1. The lowest BCUT2D eigenvalue weighted by Crippen LogP contribution is -2.04. The molecule has 0 radical (unpaired) electrons. The maximum atomic E-state index is 5.72. The van der Waals surface area contributed by atoms with Crippen molar-refractivity contribution in [3.63, 3.8) is 0 Å². The van der Waals surface area contributed by atoms with Crippen LogP contribution in [0.1, 0.15) is 13.3 Å². The Labute approximate surface area is 99.0 Å². The molecule has 0 aromatic carbocycles. The Bertz CT molecular complexity index is 536. The predicted octanol–water partition coefficient (Wildman–Crippen LogP) is 1.38. The summed E-state index contributed by atoms with van der Waals surface area (Å²) in [5, 5.41) is 3.17. The fourth-order valence-electron chi connectivity index (χ4n) is 1.43. The number of allylic oxidation sites excluding steroid dienone is 1. The van der Waals surface area contributed by atoms with E-state index in [-0.39, 0.29) is 0 Å². The Balaban J connectivity index is 2.28. The summed E-state index contributed by atoms with van der Waals surface area (Å²) >= 11 is 0. The van der Waals surface area contributed by atoms with Crippen molar-refractivity contribution < 1.29 is 0 Å². The van der Waals surface area contributed by atoms with Crippen LogP contribution in [0.5, 0.6) is 0 Å². The molecule has 0 atom stereocenters. The van der Waals surface area contributed by atoms with E-state index in [9.17, 15) is 0 Å². The van der Waals surface area contributed by atoms with Crippen LogP contribution in [0.2, 0.25) is 0 Å². The minimum absolute atomic E-state index is 0.365. The standard InChI is InChI=1S/C11H14N6/c1-2-3-4-5-13-11-9-8(14-7-17-11)10(12)16-6-15-9/h3-4,6-7H,2,5H2,1H3,(H2,12,15,16)(H,13,14,17)/b4-3+. The minimum Gasteiger partial charge on any atom is -0.382 e. The predicted molar refractivity (Wildman–Crippen MR) is 67.5 cm³/mol. The van der Waals surface area contributed by atoms with E-state index in [0.717, 1.165) is 6.42 Å².